The van der Waals surface area contributed by atoms with Gasteiger partial charge in [-0.05, 0) is 66.1 Å². The quantitative estimate of drug-likeness (QED) is 0.508. The fourth-order valence-corrected chi connectivity index (χ4v) is 2.63. The van der Waals surface area contributed by atoms with Gasteiger partial charge in [-0.2, -0.15) is 0 Å². The van der Waals surface area contributed by atoms with E-state index in [2.05, 4.69) is 46.4 Å². The Hall–Kier alpha value is -0.880. The molecule has 0 atom stereocenters. The highest BCUT2D eigenvalue weighted by atomic mass is 127. The summed E-state index contributed by atoms with van der Waals surface area (Å²) >= 11 is 8.46. The van der Waals surface area contributed by atoms with Crippen LogP contribution in [-0.4, -0.2) is 16.6 Å². The average Bonchev–Trinajstić information content (AvgIpc) is 2.44. The molecule has 1 aromatic carbocycles. The van der Waals surface area contributed by atoms with Gasteiger partial charge in [0.25, 0.3) is 0 Å². The summed E-state index contributed by atoms with van der Waals surface area (Å²) in [4.78, 5) is 9.07. The van der Waals surface area contributed by atoms with Crippen molar-refractivity contribution in [1.29, 1.82) is 0 Å². The first kappa shape index (κ1) is 16.5. The molecule has 0 amide bonds. The smallest absolute Gasteiger partial charge is 0.161 e. The predicted molar refractivity (Wildman–Crippen MR) is 94.9 cm³/mol. The van der Waals surface area contributed by atoms with E-state index in [9.17, 15) is 0 Å². The molecule has 0 bridgehead atoms. The van der Waals surface area contributed by atoms with Crippen molar-refractivity contribution in [3.8, 4) is 17.1 Å². The number of aromatic nitrogens is 2. The Morgan fingerprint density at radius 2 is 1.86 bits per heavy atom. The van der Waals surface area contributed by atoms with E-state index in [4.69, 9.17) is 16.3 Å². The Morgan fingerprint density at radius 1 is 1.19 bits per heavy atom. The van der Waals surface area contributed by atoms with Crippen LogP contribution in [0.3, 0.4) is 0 Å². The Morgan fingerprint density at radius 3 is 2.43 bits per heavy atom. The SMILES string of the molecule is CCOc1ccc(-c2nc(Cl)c(I)c(CC(C)C)n2)cc1. The first-order valence-corrected chi connectivity index (χ1v) is 8.42. The van der Waals surface area contributed by atoms with E-state index >= 15 is 0 Å². The molecule has 0 aliphatic rings. The van der Waals surface area contributed by atoms with Crippen LogP contribution in [-0.2, 0) is 6.42 Å². The van der Waals surface area contributed by atoms with Crippen LogP contribution in [0.1, 0.15) is 26.5 Å². The highest BCUT2D eigenvalue weighted by molar-refractivity contribution is 14.1. The molecule has 0 N–H and O–H groups in total. The van der Waals surface area contributed by atoms with Crippen molar-refractivity contribution < 1.29 is 4.74 Å². The number of hydrogen-bond donors (Lipinski definition) is 0. The number of hydrogen-bond acceptors (Lipinski definition) is 3. The third-order valence-electron chi connectivity index (χ3n) is 2.90. The molecule has 1 heterocycles. The van der Waals surface area contributed by atoms with Crippen molar-refractivity contribution in [2.45, 2.75) is 27.2 Å². The molecule has 0 saturated heterocycles. The number of rotatable bonds is 5. The van der Waals surface area contributed by atoms with E-state index in [1.807, 2.05) is 31.2 Å². The molecule has 0 radical (unpaired) electrons. The molecule has 3 nitrogen and oxygen atoms in total. The summed E-state index contributed by atoms with van der Waals surface area (Å²) in [6, 6.07) is 7.78. The highest BCUT2D eigenvalue weighted by Gasteiger charge is 2.13. The van der Waals surface area contributed by atoms with Crippen LogP contribution in [0.25, 0.3) is 11.4 Å². The van der Waals surface area contributed by atoms with Crippen molar-refractivity contribution in [2.24, 2.45) is 5.92 Å². The monoisotopic (exact) mass is 416 g/mol. The van der Waals surface area contributed by atoms with E-state index in [-0.39, 0.29) is 0 Å². The predicted octanol–water partition coefficient (Wildman–Crippen LogP) is 5.00. The summed E-state index contributed by atoms with van der Waals surface area (Å²) in [5, 5.41) is 0.519. The molecular formula is C16H18ClIN2O. The van der Waals surface area contributed by atoms with Crippen LogP contribution in [0.15, 0.2) is 24.3 Å². The molecule has 112 valence electrons. The zero-order chi connectivity index (χ0) is 15.4. The Balaban J connectivity index is 2.36. The lowest BCUT2D eigenvalue weighted by Gasteiger charge is -2.10. The normalized spacial score (nSPS) is 11.0. The van der Waals surface area contributed by atoms with Crippen molar-refractivity contribution >= 4 is 34.2 Å². The fraction of sp³-hybridized carbons (Fsp3) is 0.375. The van der Waals surface area contributed by atoms with Gasteiger partial charge in [-0.1, -0.05) is 25.4 Å². The molecule has 5 heteroatoms. The maximum atomic E-state index is 6.25. The second-order valence-electron chi connectivity index (χ2n) is 5.15. The Bertz CT molecular complexity index is 614. The zero-order valence-corrected chi connectivity index (χ0v) is 15.3. The Labute approximate surface area is 144 Å². The van der Waals surface area contributed by atoms with Gasteiger partial charge in [-0.15, -0.1) is 0 Å². The van der Waals surface area contributed by atoms with E-state index in [0.29, 0.717) is 23.5 Å². The van der Waals surface area contributed by atoms with Gasteiger partial charge >= 0.3 is 0 Å². The van der Waals surface area contributed by atoms with Gasteiger partial charge in [0.05, 0.1) is 15.9 Å². The topological polar surface area (TPSA) is 35.0 Å². The van der Waals surface area contributed by atoms with Gasteiger partial charge in [-0.25, -0.2) is 9.97 Å². The molecular weight excluding hydrogens is 399 g/mol. The second-order valence-corrected chi connectivity index (χ2v) is 6.59. The molecule has 21 heavy (non-hydrogen) atoms. The molecule has 0 spiro atoms. The summed E-state index contributed by atoms with van der Waals surface area (Å²) in [6.45, 7) is 6.96. The number of halogens is 2. The third kappa shape index (κ3) is 4.30. The summed E-state index contributed by atoms with van der Waals surface area (Å²) in [7, 11) is 0. The number of ether oxygens (including phenoxy) is 1. The minimum absolute atomic E-state index is 0.519. The fourth-order valence-electron chi connectivity index (χ4n) is 1.98. The lowest BCUT2D eigenvalue weighted by molar-refractivity contribution is 0.340. The molecule has 0 fully saturated rings. The Kier molecular flexibility index (Phi) is 5.81. The van der Waals surface area contributed by atoms with Crippen molar-refractivity contribution in [3.05, 3.63) is 38.7 Å². The first-order chi connectivity index (χ1) is 10.0. The standard InChI is InChI=1S/C16H18ClIN2O/c1-4-21-12-7-5-11(6-8-12)16-19-13(9-10(2)3)14(18)15(17)20-16/h5-8,10H,4,9H2,1-3H3. The molecule has 2 rings (SSSR count). The van der Waals surface area contributed by atoms with Crippen molar-refractivity contribution in [1.82, 2.24) is 9.97 Å². The van der Waals surface area contributed by atoms with E-state index in [1.165, 1.54) is 0 Å². The molecule has 1 aromatic heterocycles. The van der Waals surface area contributed by atoms with Crippen molar-refractivity contribution in [2.75, 3.05) is 6.61 Å². The average molecular weight is 417 g/mol. The second kappa shape index (κ2) is 7.40. The summed E-state index contributed by atoms with van der Waals surface area (Å²) in [6.07, 6.45) is 0.893. The number of nitrogens with zero attached hydrogens (tertiary/aromatic N) is 2. The van der Waals surface area contributed by atoms with E-state index in [0.717, 1.165) is 27.0 Å². The van der Waals surface area contributed by atoms with Gasteiger partial charge in [0.1, 0.15) is 10.9 Å². The number of benzene rings is 1. The largest absolute Gasteiger partial charge is 0.494 e. The summed E-state index contributed by atoms with van der Waals surface area (Å²) in [5.74, 6) is 2.04. The van der Waals surface area contributed by atoms with E-state index < -0.39 is 0 Å². The van der Waals surface area contributed by atoms with Gasteiger partial charge in [0.2, 0.25) is 0 Å². The van der Waals surface area contributed by atoms with Gasteiger partial charge in [-0.3, -0.25) is 0 Å². The molecule has 0 unspecified atom stereocenters. The van der Waals surface area contributed by atoms with Crippen LogP contribution in [0.4, 0.5) is 0 Å². The van der Waals surface area contributed by atoms with Crippen LogP contribution >= 0.6 is 34.2 Å². The van der Waals surface area contributed by atoms with Gasteiger partial charge in [0, 0.05) is 5.56 Å². The van der Waals surface area contributed by atoms with Crippen molar-refractivity contribution in [3.63, 3.8) is 0 Å². The molecule has 0 saturated carbocycles. The van der Waals surface area contributed by atoms with Crippen LogP contribution in [0, 0.1) is 9.49 Å². The van der Waals surface area contributed by atoms with Gasteiger partial charge in [0.15, 0.2) is 5.82 Å². The highest BCUT2D eigenvalue weighted by Crippen LogP contribution is 2.26. The lowest BCUT2D eigenvalue weighted by atomic mass is 10.1. The first-order valence-electron chi connectivity index (χ1n) is 6.96. The van der Waals surface area contributed by atoms with Crippen LogP contribution in [0.2, 0.25) is 5.15 Å². The molecule has 2 aromatic rings. The molecule has 0 aliphatic heterocycles. The summed E-state index contributed by atoms with van der Waals surface area (Å²) < 4.78 is 6.39. The third-order valence-corrected chi connectivity index (χ3v) is 4.63. The maximum absolute atomic E-state index is 6.25. The zero-order valence-electron chi connectivity index (χ0n) is 12.4. The summed E-state index contributed by atoms with van der Waals surface area (Å²) in [5.41, 5.74) is 1.95. The van der Waals surface area contributed by atoms with Crippen LogP contribution in [0.5, 0.6) is 5.75 Å². The minimum Gasteiger partial charge on any atom is -0.494 e. The lowest BCUT2D eigenvalue weighted by Crippen LogP contribution is -2.04. The molecule has 0 aliphatic carbocycles. The van der Waals surface area contributed by atoms with Crippen LogP contribution < -0.4 is 4.74 Å². The minimum atomic E-state index is 0.519. The maximum Gasteiger partial charge on any atom is 0.161 e. The van der Waals surface area contributed by atoms with E-state index in [1.54, 1.807) is 0 Å². The van der Waals surface area contributed by atoms with Gasteiger partial charge < -0.3 is 4.74 Å².